The molecule has 0 spiro atoms. The Morgan fingerprint density at radius 1 is 1.05 bits per heavy atom. The van der Waals surface area contributed by atoms with Gasteiger partial charge in [-0.1, -0.05) is 42.6 Å². The van der Waals surface area contributed by atoms with Crippen molar-refractivity contribution in [3.8, 4) is 11.5 Å². The lowest BCUT2D eigenvalue weighted by atomic mass is 10.1. The van der Waals surface area contributed by atoms with Crippen molar-refractivity contribution in [3.63, 3.8) is 0 Å². The lowest BCUT2D eigenvalue weighted by molar-refractivity contribution is -0.139. The van der Waals surface area contributed by atoms with E-state index in [-0.39, 0.29) is 23.9 Å². The molecule has 0 aliphatic carbocycles. The smallest absolute Gasteiger partial charge is 0.244 e. The summed E-state index contributed by atoms with van der Waals surface area (Å²) in [5.74, 6) is -0.309. The van der Waals surface area contributed by atoms with E-state index in [1.165, 1.54) is 17.9 Å². The summed E-state index contributed by atoms with van der Waals surface area (Å²) in [6.07, 6.45) is 1.68. The number of carbonyl (C=O) groups is 2. The second kappa shape index (κ2) is 13.4. The van der Waals surface area contributed by atoms with E-state index in [9.17, 15) is 18.0 Å². The van der Waals surface area contributed by atoms with E-state index in [1.807, 2.05) is 6.92 Å². The number of fused-ring (bicyclic) bond motifs is 1. The molecule has 2 amide bonds. The van der Waals surface area contributed by atoms with Gasteiger partial charge in [-0.3, -0.25) is 13.9 Å². The van der Waals surface area contributed by atoms with E-state index in [4.69, 9.17) is 32.7 Å². The maximum atomic E-state index is 13.8. The van der Waals surface area contributed by atoms with Gasteiger partial charge >= 0.3 is 0 Å². The zero-order chi connectivity index (χ0) is 27.9. The summed E-state index contributed by atoms with van der Waals surface area (Å²) in [7, 11) is -3.88. The van der Waals surface area contributed by atoms with Gasteiger partial charge in [-0.2, -0.15) is 0 Å². The zero-order valence-electron chi connectivity index (χ0n) is 21.7. The van der Waals surface area contributed by atoms with Crippen LogP contribution in [0.5, 0.6) is 11.5 Å². The van der Waals surface area contributed by atoms with Crippen LogP contribution in [0, 0.1) is 0 Å². The maximum Gasteiger partial charge on any atom is 0.244 e. The highest BCUT2D eigenvalue weighted by Gasteiger charge is 2.32. The number of nitrogens with zero attached hydrogens (tertiary/aromatic N) is 2. The molecule has 12 heteroatoms. The van der Waals surface area contributed by atoms with Gasteiger partial charge in [0.15, 0.2) is 11.5 Å². The summed E-state index contributed by atoms with van der Waals surface area (Å²) in [6, 6.07) is 8.74. The van der Waals surface area contributed by atoms with Crippen molar-refractivity contribution < 1.29 is 27.5 Å². The molecule has 1 N–H and O–H groups in total. The van der Waals surface area contributed by atoms with Crippen LogP contribution in [-0.2, 0) is 26.2 Å². The predicted octanol–water partition coefficient (Wildman–Crippen LogP) is 4.25. The predicted molar refractivity (Wildman–Crippen MR) is 149 cm³/mol. The standard InChI is InChI=1S/C26H33Cl2N3O6S/c1-4-6-12-29-26(33)18(3)30(16-20-21(27)8-7-9-22(20)28)25(32)17-31(38(34,35)5-2)19-10-11-23-24(15-19)37-14-13-36-23/h7-11,15,18H,4-6,12-14,16-17H2,1-3H3,(H,29,33). The van der Waals surface area contributed by atoms with Crippen LogP contribution in [0.1, 0.15) is 39.2 Å². The molecule has 0 saturated carbocycles. The van der Waals surface area contributed by atoms with Crippen LogP contribution < -0.4 is 19.1 Å². The highest BCUT2D eigenvalue weighted by atomic mass is 35.5. The average molecular weight is 587 g/mol. The monoisotopic (exact) mass is 585 g/mol. The van der Waals surface area contributed by atoms with E-state index < -0.39 is 28.5 Å². The van der Waals surface area contributed by atoms with Crippen molar-refractivity contribution in [2.45, 2.75) is 46.2 Å². The molecule has 0 aromatic heterocycles. The largest absolute Gasteiger partial charge is 0.486 e. The first kappa shape index (κ1) is 29.9. The molecule has 0 radical (unpaired) electrons. The minimum Gasteiger partial charge on any atom is -0.486 e. The third kappa shape index (κ3) is 7.24. The van der Waals surface area contributed by atoms with E-state index in [1.54, 1.807) is 37.3 Å². The number of anilines is 1. The second-order valence-electron chi connectivity index (χ2n) is 8.78. The summed E-state index contributed by atoms with van der Waals surface area (Å²) in [6.45, 7) is 5.65. The van der Waals surface area contributed by atoms with Gasteiger partial charge in [0, 0.05) is 34.8 Å². The molecular weight excluding hydrogens is 553 g/mol. The van der Waals surface area contributed by atoms with Crippen LogP contribution in [0.25, 0.3) is 0 Å². The molecule has 1 atom stereocenters. The molecule has 1 unspecified atom stereocenters. The Labute approximate surface area is 234 Å². The number of amides is 2. The third-order valence-electron chi connectivity index (χ3n) is 6.18. The molecule has 2 aromatic rings. The molecule has 0 fully saturated rings. The van der Waals surface area contributed by atoms with E-state index in [2.05, 4.69) is 5.32 Å². The van der Waals surface area contributed by atoms with Gasteiger partial charge in [0.1, 0.15) is 25.8 Å². The molecule has 2 aromatic carbocycles. The first-order valence-corrected chi connectivity index (χ1v) is 14.9. The lowest BCUT2D eigenvalue weighted by Crippen LogP contribution is -2.51. The minimum absolute atomic E-state index is 0.0825. The maximum absolute atomic E-state index is 13.8. The normalized spacial score (nSPS) is 13.5. The summed E-state index contributed by atoms with van der Waals surface area (Å²) < 4.78 is 38.4. The molecule has 0 bridgehead atoms. The lowest BCUT2D eigenvalue weighted by Gasteiger charge is -2.32. The number of sulfonamides is 1. The fourth-order valence-corrected chi connectivity index (χ4v) is 5.45. The number of nitrogens with one attached hydrogen (secondary N) is 1. The number of hydrogen-bond acceptors (Lipinski definition) is 6. The van der Waals surface area contributed by atoms with Crippen molar-refractivity contribution in [3.05, 3.63) is 52.0 Å². The number of unbranched alkanes of at least 4 members (excludes halogenated alkanes) is 1. The number of ether oxygens (including phenoxy) is 2. The number of rotatable bonds is 12. The first-order chi connectivity index (χ1) is 18.1. The van der Waals surface area contributed by atoms with Crippen molar-refractivity contribution >= 4 is 50.7 Å². The Morgan fingerprint density at radius 3 is 2.34 bits per heavy atom. The van der Waals surface area contributed by atoms with Gasteiger partial charge in [-0.15, -0.1) is 0 Å². The highest BCUT2D eigenvalue weighted by molar-refractivity contribution is 7.92. The summed E-state index contributed by atoms with van der Waals surface area (Å²) in [5.41, 5.74) is 0.710. The molecule has 38 heavy (non-hydrogen) atoms. The SMILES string of the molecule is CCCCNC(=O)C(C)N(Cc1c(Cl)cccc1Cl)C(=O)CN(c1ccc2c(c1)OCCO2)S(=O)(=O)CC. The number of halogens is 2. The Balaban J connectivity index is 1.96. The first-order valence-electron chi connectivity index (χ1n) is 12.5. The minimum atomic E-state index is -3.88. The van der Waals surface area contributed by atoms with Crippen LogP contribution in [-0.4, -0.2) is 63.2 Å². The molecule has 3 rings (SSSR count). The quantitative estimate of drug-likeness (QED) is 0.373. The van der Waals surface area contributed by atoms with Crippen LogP contribution in [0.3, 0.4) is 0 Å². The van der Waals surface area contributed by atoms with Crippen LogP contribution in [0.4, 0.5) is 5.69 Å². The number of benzene rings is 2. The van der Waals surface area contributed by atoms with Gasteiger partial charge in [0.05, 0.1) is 11.4 Å². The van der Waals surface area contributed by atoms with Crippen LogP contribution in [0.15, 0.2) is 36.4 Å². The van der Waals surface area contributed by atoms with Gasteiger partial charge < -0.3 is 19.7 Å². The molecule has 1 aliphatic rings. The topological polar surface area (TPSA) is 105 Å². The molecule has 1 aliphatic heterocycles. The van der Waals surface area contributed by atoms with Crippen LogP contribution >= 0.6 is 23.2 Å². The zero-order valence-corrected chi connectivity index (χ0v) is 24.0. The Kier molecular flexibility index (Phi) is 10.5. The average Bonchev–Trinajstić information content (AvgIpc) is 2.90. The highest BCUT2D eigenvalue weighted by Crippen LogP contribution is 2.35. The number of carbonyl (C=O) groups excluding carboxylic acids is 2. The van der Waals surface area contributed by atoms with E-state index >= 15 is 0 Å². The molecule has 1 heterocycles. The van der Waals surface area contributed by atoms with Crippen molar-refractivity contribution in [1.82, 2.24) is 10.2 Å². The summed E-state index contributed by atoms with van der Waals surface area (Å²) in [4.78, 5) is 28.0. The molecule has 0 saturated heterocycles. The van der Waals surface area contributed by atoms with Crippen molar-refractivity contribution in [2.24, 2.45) is 0 Å². The van der Waals surface area contributed by atoms with Crippen molar-refractivity contribution in [1.29, 1.82) is 0 Å². The third-order valence-corrected chi connectivity index (χ3v) is 8.63. The van der Waals surface area contributed by atoms with Crippen molar-refractivity contribution in [2.75, 3.05) is 36.4 Å². The van der Waals surface area contributed by atoms with Gasteiger partial charge in [0.2, 0.25) is 21.8 Å². The Morgan fingerprint density at radius 2 is 1.71 bits per heavy atom. The Bertz CT molecular complexity index is 1240. The fraction of sp³-hybridized carbons (Fsp3) is 0.462. The van der Waals surface area contributed by atoms with Gasteiger partial charge in [-0.25, -0.2) is 8.42 Å². The van der Waals surface area contributed by atoms with Crippen LogP contribution in [0.2, 0.25) is 10.0 Å². The van der Waals surface area contributed by atoms with Gasteiger partial charge in [0.25, 0.3) is 0 Å². The Hall–Kier alpha value is -2.69. The van der Waals surface area contributed by atoms with Gasteiger partial charge in [-0.05, 0) is 44.5 Å². The summed E-state index contributed by atoms with van der Waals surface area (Å²) in [5, 5.41) is 3.50. The van der Waals surface area contributed by atoms with E-state index in [0.29, 0.717) is 46.9 Å². The number of hydrogen-bond donors (Lipinski definition) is 1. The fourth-order valence-electron chi connectivity index (χ4n) is 3.88. The molecule has 9 nitrogen and oxygen atoms in total. The summed E-state index contributed by atoms with van der Waals surface area (Å²) >= 11 is 12.7. The molecular formula is C26H33Cl2N3O6S. The molecule has 208 valence electrons. The van der Waals surface area contributed by atoms with E-state index in [0.717, 1.165) is 17.1 Å². The second-order valence-corrected chi connectivity index (χ2v) is 11.8.